The highest BCUT2D eigenvalue weighted by Gasteiger charge is 2.26. The average molecular weight is 412 g/mol. The molecule has 1 fully saturated rings. The number of pyridine rings is 1. The first kappa shape index (κ1) is 18.3. The number of piperidine rings is 1. The molecule has 7 heteroatoms. The maximum atomic E-state index is 4.90. The van der Waals surface area contributed by atoms with Gasteiger partial charge >= 0.3 is 0 Å². The van der Waals surface area contributed by atoms with E-state index in [9.17, 15) is 0 Å². The van der Waals surface area contributed by atoms with Crippen LogP contribution in [0.25, 0.3) is 11.2 Å². The van der Waals surface area contributed by atoms with E-state index in [1.54, 1.807) is 0 Å². The Morgan fingerprint density at radius 1 is 0.968 bits per heavy atom. The van der Waals surface area contributed by atoms with Gasteiger partial charge in [-0.05, 0) is 43.4 Å². The Morgan fingerprint density at radius 2 is 1.90 bits per heavy atom. The molecule has 31 heavy (non-hydrogen) atoms. The Hall–Kier alpha value is -3.48. The second kappa shape index (κ2) is 7.65. The minimum absolute atomic E-state index is 0.530. The molecule has 0 radical (unpaired) electrons. The number of aryl methyl sites for hydroxylation is 1. The van der Waals surface area contributed by atoms with E-state index in [0.717, 1.165) is 73.1 Å². The van der Waals surface area contributed by atoms with Gasteiger partial charge in [-0.15, -0.1) is 0 Å². The Bertz CT molecular complexity index is 1200. The van der Waals surface area contributed by atoms with Crippen LogP contribution in [0.4, 0.5) is 17.3 Å². The molecule has 5 heterocycles. The van der Waals surface area contributed by atoms with Gasteiger partial charge < -0.3 is 9.80 Å². The fraction of sp³-hybridized carbons (Fsp3) is 0.333. The third kappa shape index (κ3) is 3.30. The lowest BCUT2D eigenvalue weighted by atomic mass is 9.91. The number of benzene rings is 1. The van der Waals surface area contributed by atoms with E-state index in [2.05, 4.69) is 61.4 Å². The molecule has 7 nitrogen and oxygen atoms in total. The van der Waals surface area contributed by atoms with Gasteiger partial charge in [0.1, 0.15) is 5.82 Å². The van der Waals surface area contributed by atoms with Crippen molar-refractivity contribution in [3.8, 4) is 0 Å². The molecule has 0 spiro atoms. The molecule has 1 atom stereocenters. The summed E-state index contributed by atoms with van der Waals surface area (Å²) >= 11 is 0. The quantitative estimate of drug-likeness (QED) is 0.544. The number of hydrogen-bond acceptors (Lipinski definition) is 6. The van der Waals surface area contributed by atoms with Gasteiger partial charge in [0.25, 0.3) is 0 Å². The van der Waals surface area contributed by atoms with Crippen LogP contribution in [0.15, 0.2) is 54.9 Å². The molecule has 2 aliphatic rings. The molecule has 1 saturated heterocycles. The van der Waals surface area contributed by atoms with Gasteiger partial charge in [0, 0.05) is 31.7 Å². The summed E-state index contributed by atoms with van der Waals surface area (Å²) in [7, 11) is 0. The summed E-state index contributed by atoms with van der Waals surface area (Å²) in [6.45, 7) is 2.89. The van der Waals surface area contributed by atoms with E-state index >= 15 is 0 Å². The molecule has 4 aromatic rings. The number of aromatic nitrogens is 5. The van der Waals surface area contributed by atoms with Crippen molar-refractivity contribution in [1.82, 2.24) is 25.1 Å². The van der Waals surface area contributed by atoms with Crippen LogP contribution < -0.4 is 9.80 Å². The number of anilines is 3. The van der Waals surface area contributed by atoms with Crippen molar-refractivity contribution in [2.75, 3.05) is 29.4 Å². The molecular weight excluding hydrogens is 386 g/mol. The summed E-state index contributed by atoms with van der Waals surface area (Å²) < 4.78 is 0. The number of aromatic amines is 1. The van der Waals surface area contributed by atoms with Crippen molar-refractivity contribution >= 4 is 28.5 Å². The highest BCUT2D eigenvalue weighted by Crippen LogP contribution is 2.35. The summed E-state index contributed by atoms with van der Waals surface area (Å²) in [5, 5.41) is 7.72. The van der Waals surface area contributed by atoms with Crippen LogP contribution in [0.3, 0.4) is 0 Å². The molecule has 0 bridgehead atoms. The van der Waals surface area contributed by atoms with Crippen LogP contribution in [0.2, 0.25) is 0 Å². The van der Waals surface area contributed by atoms with E-state index in [1.807, 2.05) is 18.5 Å². The maximum absolute atomic E-state index is 4.90. The van der Waals surface area contributed by atoms with Crippen LogP contribution in [0, 0.1) is 0 Å². The third-order valence-electron chi connectivity index (χ3n) is 6.46. The molecule has 1 N–H and O–H groups in total. The molecule has 1 unspecified atom stereocenters. The zero-order valence-corrected chi connectivity index (χ0v) is 17.4. The zero-order valence-electron chi connectivity index (χ0n) is 17.4. The summed E-state index contributed by atoms with van der Waals surface area (Å²) in [5.74, 6) is 2.29. The number of hydrogen-bond donors (Lipinski definition) is 1. The predicted octanol–water partition coefficient (Wildman–Crippen LogP) is 4.22. The lowest BCUT2D eigenvalue weighted by Crippen LogP contribution is -2.35. The van der Waals surface area contributed by atoms with Gasteiger partial charge in [-0.2, -0.15) is 5.10 Å². The minimum atomic E-state index is 0.530. The highest BCUT2D eigenvalue weighted by molar-refractivity contribution is 5.87. The van der Waals surface area contributed by atoms with Gasteiger partial charge in [-0.1, -0.05) is 30.3 Å². The monoisotopic (exact) mass is 411 g/mol. The molecule has 156 valence electrons. The Labute approximate surface area is 181 Å². The number of nitrogens with zero attached hydrogens (tertiary/aromatic N) is 6. The predicted molar refractivity (Wildman–Crippen MR) is 122 cm³/mol. The molecular formula is C24H25N7. The van der Waals surface area contributed by atoms with Crippen molar-refractivity contribution in [3.63, 3.8) is 0 Å². The standard InChI is InChI=1S/C24H25N7/c1-2-7-17(8-3-1)18-9-5-13-30(16-18)21-15-26-22-23(27-21)28-29-24(22)31-14-6-10-19-20(31)11-4-12-25-19/h1-4,7-8,11-12,15,18H,5-6,9-10,13-14,16H2,(H,27,28,29). The lowest BCUT2D eigenvalue weighted by Gasteiger charge is -2.33. The normalized spacial score (nSPS) is 18.9. The Morgan fingerprint density at radius 3 is 2.84 bits per heavy atom. The largest absolute Gasteiger partial charge is 0.355 e. The van der Waals surface area contributed by atoms with Gasteiger partial charge in [0.15, 0.2) is 17.0 Å². The van der Waals surface area contributed by atoms with E-state index < -0.39 is 0 Å². The molecule has 0 amide bonds. The summed E-state index contributed by atoms with van der Waals surface area (Å²) in [6.07, 6.45) is 8.19. The number of H-pyrrole nitrogens is 1. The average Bonchev–Trinajstić information content (AvgIpc) is 3.27. The van der Waals surface area contributed by atoms with E-state index in [1.165, 1.54) is 12.0 Å². The van der Waals surface area contributed by atoms with Crippen LogP contribution in [-0.4, -0.2) is 44.8 Å². The molecule has 1 aromatic carbocycles. The Kier molecular flexibility index (Phi) is 4.52. The van der Waals surface area contributed by atoms with E-state index in [4.69, 9.17) is 9.97 Å². The fourth-order valence-corrected chi connectivity index (χ4v) is 4.92. The van der Waals surface area contributed by atoms with Crippen molar-refractivity contribution in [2.24, 2.45) is 0 Å². The maximum Gasteiger partial charge on any atom is 0.183 e. The van der Waals surface area contributed by atoms with Crippen LogP contribution >= 0.6 is 0 Å². The number of nitrogens with one attached hydrogen (secondary N) is 1. The summed E-state index contributed by atoms with van der Waals surface area (Å²) in [4.78, 5) is 18.8. The third-order valence-corrected chi connectivity index (χ3v) is 6.46. The molecule has 3 aromatic heterocycles. The smallest absolute Gasteiger partial charge is 0.183 e. The first-order valence-corrected chi connectivity index (χ1v) is 11.1. The van der Waals surface area contributed by atoms with Gasteiger partial charge in [0.05, 0.1) is 17.6 Å². The lowest BCUT2D eigenvalue weighted by molar-refractivity contribution is 0.507. The van der Waals surface area contributed by atoms with E-state index in [0.29, 0.717) is 5.92 Å². The zero-order chi connectivity index (χ0) is 20.6. The number of fused-ring (bicyclic) bond motifs is 2. The SMILES string of the molecule is c1ccc(C2CCCN(c3cnc4c(N5CCCc6ncccc65)n[nH]c4n3)C2)cc1. The van der Waals surface area contributed by atoms with Gasteiger partial charge in [-0.3, -0.25) is 10.1 Å². The number of rotatable bonds is 3. The van der Waals surface area contributed by atoms with Crippen molar-refractivity contribution in [2.45, 2.75) is 31.6 Å². The molecule has 0 aliphatic carbocycles. The van der Waals surface area contributed by atoms with Crippen molar-refractivity contribution in [3.05, 3.63) is 66.1 Å². The first-order valence-electron chi connectivity index (χ1n) is 11.1. The van der Waals surface area contributed by atoms with Crippen LogP contribution in [0.1, 0.15) is 36.4 Å². The molecule has 6 rings (SSSR count). The second-order valence-electron chi connectivity index (χ2n) is 8.39. The van der Waals surface area contributed by atoms with Crippen LogP contribution in [0.5, 0.6) is 0 Å². The Balaban J connectivity index is 1.30. The minimum Gasteiger partial charge on any atom is -0.355 e. The molecule has 0 saturated carbocycles. The molecule has 2 aliphatic heterocycles. The summed E-state index contributed by atoms with van der Waals surface area (Å²) in [6, 6.07) is 14.9. The van der Waals surface area contributed by atoms with Gasteiger partial charge in [0.2, 0.25) is 0 Å². The van der Waals surface area contributed by atoms with Gasteiger partial charge in [-0.25, -0.2) is 9.97 Å². The topological polar surface area (TPSA) is 73.8 Å². The van der Waals surface area contributed by atoms with Crippen molar-refractivity contribution < 1.29 is 0 Å². The highest BCUT2D eigenvalue weighted by atomic mass is 15.3. The summed E-state index contributed by atoms with van der Waals surface area (Å²) in [5.41, 5.74) is 5.20. The van der Waals surface area contributed by atoms with Crippen LogP contribution in [-0.2, 0) is 6.42 Å². The van der Waals surface area contributed by atoms with Crippen molar-refractivity contribution in [1.29, 1.82) is 0 Å². The first-order chi connectivity index (χ1) is 15.4. The fourth-order valence-electron chi connectivity index (χ4n) is 4.92. The second-order valence-corrected chi connectivity index (χ2v) is 8.39. The van der Waals surface area contributed by atoms with E-state index in [-0.39, 0.29) is 0 Å².